The number of nitrogens with one attached hydrogen (secondary N) is 3. The Morgan fingerprint density at radius 1 is 1.03 bits per heavy atom. The van der Waals surface area contributed by atoms with E-state index in [4.69, 9.17) is 35.4 Å². The molecule has 1 aliphatic carbocycles. The molecule has 1 aliphatic rings. The fourth-order valence-electron chi connectivity index (χ4n) is 3.13. The van der Waals surface area contributed by atoms with E-state index in [1.54, 1.807) is 30.3 Å². The molecule has 1 amide bonds. The third-order valence-corrected chi connectivity index (χ3v) is 5.63. The average Bonchev–Trinajstić information content (AvgIpc) is 2.72. The molecular weight excluding hydrogens is 427 g/mol. The Labute approximate surface area is 185 Å². The Balaban J connectivity index is 1.49. The molecule has 0 radical (unpaired) electrons. The van der Waals surface area contributed by atoms with Gasteiger partial charge in [0.2, 0.25) is 0 Å². The number of benzene rings is 2. The average molecular weight is 449 g/mol. The lowest BCUT2D eigenvalue weighted by atomic mass is 9.96. The first-order valence-corrected chi connectivity index (χ1v) is 10.6. The van der Waals surface area contributed by atoms with Crippen LogP contribution in [0.4, 0.5) is 5.69 Å². The van der Waals surface area contributed by atoms with Crippen LogP contribution in [0.15, 0.2) is 47.6 Å². The van der Waals surface area contributed by atoms with Crippen LogP contribution in [0.3, 0.4) is 0 Å². The minimum atomic E-state index is -0.309. The number of rotatable bonds is 5. The molecule has 0 unspecified atom stereocenters. The maximum Gasteiger partial charge on any atom is 0.271 e. The molecule has 3 N–H and O–H groups in total. The second-order valence-electron chi connectivity index (χ2n) is 6.88. The van der Waals surface area contributed by atoms with Gasteiger partial charge in [0.1, 0.15) is 0 Å². The minimum absolute atomic E-state index is 0.309. The Morgan fingerprint density at radius 3 is 2.45 bits per heavy atom. The largest absolute Gasteiger partial charge is 0.360 e. The van der Waals surface area contributed by atoms with E-state index >= 15 is 0 Å². The highest BCUT2D eigenvalue weighted by Crippen LogP contribution is 2.21. The zero-order chi connectivity index (χ0) is 20.6. The predicted octanol–water partition coefficient (Wildman–Crippen LogP) is 5.38. The number of halogens is 2. The summed E-state index contributed by atoms with van der Waals surface area (Å²) < 4.78 is 0. The Bertz CT molecular complexity index is 896. The Kier molecular flexibility index (Phi) is 7.86. The molecule has 29 heavy (non-hydrogen) atoms. The normalized spacial score (nSPS) is 14.6. The number of anilines is 1. The van der Waals surface area contributed by atoms with Crippen LogP contribution >= 0.6 is 35.4 Å². The summed E-state index contributed by atoms with van der Waals surface area (Å²) in [6.07, 6.45) is 7.62. The first-order chi connectivity index (χ1) is 14.0. The molecule has 152 valence electrons. The number of nitrogens with zero attached hydrogens (tertiary/aromatic N) is 1. The van der Waals surface area contributed by atoms with E-state index in [1.165, 1.54) is 25.5 Å². The molecule has 1 saturated carbocycles. The summed E-state index contributed by atoms with van der Waals surface area (Å²) in [6, 6.07) is 12.6. The van der Waals surface area contributed by atoms with Crippen LogP contribution in [0.5, 0.6) is 0 Å². The summed E-state index contributed by atoms with van der Waals surface area (Å²) in [7, 11) is 0. The van der Waals surface area contributed by atoms with Gasteiger partial charge >= 0.3 is 0 Å². The second kappa shape index (κ2) is 10.6. The van der Waals surface area contributed by atoms with Crippen LogP contribution in [0.25, 0.3) is 0 Å². The van der Waals surface area contributed by atoms with Crippen molar-refractivity contribution in [3.63, 3.8) is 0 Å². The number of hydrogen-bond acceptors (Lipinski definition) is 3. The first kappa shape index (κ1) is 21.6. The van der Waals surface area contributed by atoms with Crippen molar-refractivity contribution < 1.29 is 4.79 Å². The van der Waals surface area contributed by atoms with Crippen molar-refractivity contribution in [2.75, 3.05) is 5.32 Å². The molecule has 0 bridgehead atoms. The molecule has 0 atom stereocenters. The number of hydrazone groups is 1. The maximum absolute atomic E-state index is 12.2. The van der Waals surface area contributed by atoms with Gasteiger partial charge in [0, 0.05) is 17.3 Å². The fraction of sp³-hybridized carbons (Fsp3) is 0.286. The van der Waals surface area contributed by atoms with Crippen molar-refractivity contribution in [3.05, 3.63) is 63.6 Å². The first-order valence-electron chi connectivity index (χ1n) is 9.47. The third-order valence-electron chi connectivity index (χ3n) is 4.67. The van der Waals surface area contributed by atoms with Crippen molar-refractivity contribution >= 4 is 58.3 Å². The van der Waals surface area contributed by atoms with E-state index in [0.717, 1.165) is 24.1 Å². The van der Waals surface area contributed by atoms with E-state index in [-0.39, 0.29) is 5.91 Å². The van der Waals surface area contributed by atoms with Crippen LogP contribution in [-0.2, 0) is 0 Å². The molecule has 8 heteroatoms. The highest BCUT2D eigenvalue weighted by molar-refractivity contribution is 7.80. The van der Waals surface area contributed by atoms with E-state index in [2.05, 4.69) is 21.2 Å². The molecule has 0 saturated heterocycles. The van der Waals surface area contributed by atoms with Gasteiger partial charge in [-0.25, -0.2) is 5.43 Å². The standard InChI is InChI=1S/C21H22Cl2N4OS/c22-18-11-6-14(12-19(18)23)13-24-27-20(28)15-7-9-17(10-8-15)26-21(29)25-16-4-2-1-3-5-16/h6-13,16H,1-5H2,(H,27,28)(H2,25,26,29)/b24-13-. The molecule has 0 aliphatic heterocycles. The number of carbonyl (C=O) groups excluding carboxylic acids is 1. The molecule has 2 aromatic carbocycles. The van der Waals surface area contributed by atoms with Gasteiger partial charge < -0.3 is 10.6 Å². The van der Waals surface area contributed by atoms with Gasteiger partial charge in [-0.3, -0.25) is 4.79 Å². The summed E-state index contributed by atoms with van der Waals surface area (Å²) in [6.45, 7) is 0. The summed E-state index contributed by atoms with van der Waals surface area (Å²) >= 11 is 17.2. The fourth-order valence-corrected chi connectivity index (χ4v) is 3.72. The minimum Gasteiger partial charge on any atom is -0.360 e. The van der Waals surface area contributed by atoms with E-state index < -0.39 is 0 Å². The van der Waals surface area contributed by atoms with Crippen LogP contribution in [0, 0.1) is 0 Å². The molecule has 0 heterocycles. The monoisotopic (exact) mass is 448 g/mol. The van der Waals surface area contributed by atoms with Gasteiger partial charge in [0.15, 0.2) is 5.11 Å². The summed E-state index contributed by atoms with van der Waals surface area (Å²) in [5, 5.41) is 12.0. The zero-order valence-electron chi connectivity index (χ0n) is 15.8. The molecular formula is C21H22Cl2N4OS. The van der Waals surface area contributed by atoms with Crippen molar-refractivity contribution in [1.29, 1.82) is 0 Å². The highest BCUT2D eigenvalue weighted by atomic mass is 35.5. The van der Waals surface area contributed by atoms with Crippen molar-refractivity contribution in [1.82, 2.24) is 10.7 Å². The van der Waals surface area contributed by atoms with Gasteiger partial charge in [-0.05, 0) is 67.0 Å². The van der Waals surface area contributed by atoms with Gasteiger partial charge in [0.25, 0.3) is 5.91 Å². The summed E-state index contributed by atoms with van der Waals surface area (Å²) in [4.78, 5) is 12.2. The van der Waals surface area contributed by atoms with Crippen LogP contribution < -0.4 is 16.1 Å². The number of hydrogen-bond donors (Lipinski definition) is 3. The smallest absolute Gasteiger partial charge is 0.271 e. The molecule has 2 aromatic rings. The third kappa shape index (κ3) is 6.70. The summed E-state index contributed by atoms with van der Waals surface area (Å²) in [5.74, 6) is -0.309. The zero-order valence-corrected chi connectivity index (χ0v) is 18.1. The Hall–Kier alpha value is -2.15. The van der Waals surface area contributed by atoms with Crippen molar-refractivity contribution in [2.24, 2.45) is 5.10 Å². The van der Waals surface area contributed by atoms with Gasteiger partial charge in [-0.15, -0.1) is 0 Å². The lowest BCUT2D eigenvalue weighted by Crippen LogP contribution is -2.38. The Morgan fingerprint density at radius 2 is 1.76 bits per heavy atom. The lowest BCUT2D eigenvalue weighted by Gasteiger charge is -2.24. The lowest BCUT2D eigenvalue weighted by molar-refractivity contribution is 0.0955. The number of carbonyl (C=O) groups is 1. The van der Waals surface area contributed by atoms with E-state index in [9.17, 15) is 4.79 Å². The second-order valence-corrected chi connectivity index (χ2v) is 8.11. The predicted molar refractivity (Wildman–Crippen MR) is 124 cm³/mol. The molecule has 1 fully saturated rings. The van der Waals surface area contributed by atoms with Gasteiger partial charge in [-0.1, -0.05) is 48.5 Å². The number of amides is 1. The van der Waals surface area contributed by atoms with Crippen LogP contribution in [0.1, 0.15) is 48.0 Å². The van der Waals surface area contributed by atoms with Gasteiger partial charge in [-0.2, -0.15) is 5.10 Å². The molecule has 0 aromatic heterocycles. The quantitative estimate of drug-likeness (QED) is 0.326. The van der Waals surface area contributed by atoms with E-state index in [1.807, 2.05) is 12.1 Å². The molecule has 5 nitrogen and oxygen atoms in total. The van der Waals surface area contributed by atoms with Crippen LogP contribution in [0.2, 0.25) is 10.0 Å². The SMILES string of the molecule is O=C(N/N=C\c1ccc(Cl)c(Cl)c1)c1ccc(NC(=S)NC2CCCCC2)cc1. The van der Waals surface area contributed by atoms with Crippen molar-refractivity contribution in [3.8, 4) is 0 Å². The molecule has 3 rings (SSSR count). The summed E-state index contributed by atoms with van der Waals surface area (Å²) in [5.41, 5.74) is 4.55. The van der Waals surface area contributed by atoms with Gasteiger partial charge in [0.05, 0.1) is 16.3 Å². The van der Waals surface area contributed by atoms with Crippen molar-refractivity contribution in [2.45, 2.75) is 38.1 Å². The highest BCUT2D eigenvalue weighted by Gasteiger charge is 2.14. The topological polar surface area (TPSA) is 65.5 Å². The molecule has 0 spiro atoms. The van der Waals surface area contributed by atoms with E-state index in [0.29, 0.717) is 26.8 Å². The maximum atomic E-state index is 12.2. The van der Waals surface area contributed by atoms with Crippen LogP contribution in [-0.4, -0.2) is 23.3 Å². The number of thiocarbonyl (C=S) groups is 1.